The average molecular weight is 487 g/mol. The fourth-order valence-electron chi connectivity index (χ4n) is 4.41. The molecule has 0 aromatic carbocycles. The summed E-state index contributed by atoms with van der Waals surface area (Å²) in [6.07, 6.45) is 1.82. The molecule has 34 heavy (non-hydrogen) atoms. The number of hydrogen-bond acceptors (Lipinski definition) is 9. The molecule has 4 unspecified atom stereocenters. The van der Waals surface area contributed by atoms with E-state index in [0.717, 1.165) is 35.5 Å². The van der Waals surface area contributed by atoms with Crippen LogP contribution >= 0.6 is 11.8 Å². The normalized spacial score (nSPS) is 23.1. The maximum Gasteiger partial charge on any atom is 0.164 e. The molecule has 0 amide bonds. The predicted molar refractivity (Wildman–Crippen MR) is 135 cm³/mol. The number of anilines is 1. The van der Waals surface area contributed by atoms with Gasteiger partial charge in [-0.25, -0.2) is 9.97 Å². The Morgan fingerprint density at radius 3 is 2.76 bits per heavy atom. The first-order valence-corrected chi connectivity index (χ1v) is 12.7. The second-order valence-corrected chi connectivity index (χ2v) is 10.9. The summed E-state index contributed by atoms with van der Waals surface area (Å²) in [4.78, 5) is 12.9. The molecule has 4 rings (SSSR count). The Hall–Kier alpha value is -2.24. The summed E-state index contributed by atoms with van der Waals surface area (Å²) in [5.74, 6) is 1.81. The molecule has 0 saturated carbocycles. The Morgan fingerprint density at radius 1 is 1.21 bits per heavy atom. The third kappa shape index (κ3) is 5.06. The number of pyridine rings is 1. The third-order valence-electron chi connectivity index (χ3n) is 6.06. The number of nitrogen functional groups attached to an aromatic ring is 1. The number of nitrogens with zero attached hydrogens (tertiary/aromatic N) is 4. The number of fused-ring (bicyclic) bond motifs is 1. The molecule has 3 aromatic rings. The van der Waals surface area contributed by atoms with E-state index in [4.69, 9.17) is 10.5 Å². The fourth-order valence-corrected chi connectivity index (χ4v) is 5.38. The first kappa shape index (κ1) is 24.9. The second-order valence-electron chi connectivity index (χ2n) is 9.74. The van der Waals surface area contributed by atoms with E-state index >= 15 is 0 Å². The number of aryl methyl sites for hydroxylation is 1. The van der Waals surface area contributed by atoms with Crippen molar-refractivity contribution in [3.8, 4) is 0 Å². The average Bonchev–Trinajstić information content (AvgIpc) is 3.27. The number of thioether (sulfide) groups is 1. The molecular formula is C24H34N6O3S. The standard InChI is InChI=1S/C24H34N6O3S/c1-14-11-30(22-17(14)21(25)28-13-29-22)23-19(32)18(31)16(33-23)12-34-9-8-26-10-15-6-5-7-27-20(15)24(2,3)4/h5-7,11,13,16,18-19,23,26,31-32H,8-10,12H2,1-4H3,(H2,25,28,29). The number of aliphatic hydroxyl groups is 2. The molecule has 9 nitrogen and oxygen atoms in total. The van der Waals surface area contributed by atoms with Gasteiger partial charge in [-0.05, 0) is 24.1 Å². The molecule has 3 aromatic heterocycles. The van der Waals surface area contributed by atoms with Gasteiger partial charge < -0.3 is 30.6 Å². The zero-order chi connectivity index (χ0) is 24.5. The van der Waals surface area contributed by atoms with Gasteiger partial charge in [0, 0.05) is 42.4 Å². The van der Waals surface area contributed by atoms with Crippen molar-refractivity contribution in [3.63, 3.8) is 0 Å². The van der Waals surface area contributed by atoms with Gasteiger partial charge in [0.15, 0.2) is 6.23 Å². The van der Waals surface area contributed by atoms with Crippen LogP contribution in [0.2, 0.25) is 0 Å². The van der Waals surface area contributed by atoms with E-state index in [9.17, 15) is 10.2 Å². The molecule has 0 spiro atoms. The van der Waals surface area contributed by atoms with E-state index < -0.39 is 24.5 Å². The molecule has 1 aliphatic heterocycles. The lowest BCUT2D eigenvalue weighted by Gasteiger charge is -2.21. The summed E-state index contributed by atoms with van der Waals surface area (Å²) in [7, 11) is 0. The number of hydrogen-bond donors (Lipinski definition) is 4. The van der Waals surface area contributed by atoms with Crippen molar-refractivity contribution in [2.75, 3.05) is 23.8 Å². The Balaban J connectivity index is 1.29. The smallest absolute Gasteiger partial charge is 0.164 e. The summed E-state index contributed by atoms with van der Waals surface area (Å²) in [6.45, 7) is 9.99. The molecule has 1 fully saturated rings. The van der Waals surface area contributed by atoms with Gasteiger partial charge in [-0.3, -0.25) is 4.98 Å². The lowest BCUT2D eigenvalue weighted by atomic mass is 9.88. The molecule has 0 aliphatic carbocycles. The summed E-state index contributed by atoms with van der Waals surface area (Å²) < 4.78 is 7.81. The topological polar surface area (TPSA) is 131 Å². The van der Waals surface area contributed by atoms with Crippen LogP contribution in [0, 0.1) is 6.92 Å². The first-order chi connectivity index (χ1) is 16.2. The van der Waals surface area contributed by atoms with Crippen molar-refractivity contribution in [3.05, 3.63) is 47.7 Å². The van der Waals surface area contributed by atoms with Gasteiger partial charge in [0.25, 0.3) is 0 Å². The molecular weight excluding hydrogens is 452 g/mol. The Labute approximate surface area is 204 Å². The summed E-state index contributed by atoms with van der Waals surface area (Å²) in [5.41, 5.74) is 9.80. The van der Waals surface area contributed by atoms with Crippen LogP contribution in [0.4, 0.5) is 5.82 Å². The number of nitrogens with two attached hydrogens (primary N) is 1. The van der Waals surface area contributed by atoms with Crippen LogP contribution in [0.5, 0.6) is 0 Å². The molecule has 0 bridgehead atoms. The minimum absolute atomic E-state index is 0.00167. The number of aromatic nitrogens is 4. The lowest BCUT2D eigenvalue weighted by Crippen LogP contribution is -2.32. The summed E-state index contributed by atoms with van der Waals surface area (Å²) in [5, 5.41) is 25.5. The third-order valence-corrected chi connectivity index (χ3v) is 7.12. The molecule has 1 saturated heterocycles. The molecule has 0 radical (unpaired) electrons. The number of rotatable bonds is 8. The molecule has 4 atom stereocenters. The SMILES string of the molecule is Cc1cn(C2OC(CSCCNCc3cccnc3C(C)(C)C)C(O)C2O)c2ncnc(N)c12. The maximum atomic E-state index is 10.7. The van der Waals surface area contributed by atoms with Gasteiger partial charge in [-0.2, -0.15) is 11.8 Å². The number of aliphatic hydroxyl groups excluding tert-OH is 2. The minimum Gasteiger partial charge on any atom is -0.387 e. The van der Waals surface area contributed by atoms with Crippen LogP contribution in [-0.2, 0) is 16.7 Å². The van der Waals surface area contributed by atoms with Crippen LogP contribution in [0.15, 0.2) is 30.9 Å². The minimum atomic E-state index is -1.06. The van der Waals surface area contributed by atoms with Gasteiger partial charge in [0.05, 0.1) is 17.2 Å². The van der Waals surface area contributed by atoms with E-state index in [1.165, 1.54) is 11.9 Å². The highest BCUT2D eigenvalue weighted by atomic mass is 32.2. The molecule has 5 N–H and O–H groups in total. The van der Waals surface area contributed by atoms with E-state index in [1.807, 2.05) is 25.4 Å². The highest BCUT2D eigenvalue weighted by Crippen LogP contribution is 2.35. The fraction of sp³-hybridized carbons (Fsp3) is 0.542. The Kier molecular flexibility index (Phi) is 7.44. The zero-order valence-electron chi connectivity index (χ0n) is 20.1. The van der Waals surface area contributed by atoms with Gasteiger partial charge in [0.2, 0.25) is 0 Å². The van der Waals surface area contributed by atoms with Crippen molar-refractivity contribution in [1.29, 1.82) is 0 Å². The molecule has 4 heterocycles. The van der Waals surface area contributed by atoms with E-state index in [2.05, 4.69) is 47.1 Å². The first-order valence-electron chi connectivity index (χ1n) is 11.5. The molecule has 10 heteroatoms. The Bertz CT molecular complexity index is 1130. The monoisotopic (exact) mass is 486 g/mol. The van der Waals surface area contributed by atoms with Gasteiger partial charge in [-0.15, -0.1) is 0 Å². The predicted octanol–water partition coefficient (Wildman–Crippen LogP) is 2.16. The second kappa shape index (κ2) is 10.2. The highest BCUT2D eigenvalue weighted by molar-refractivity contribution is 7.99. The van der Waals surface area contributed by atoms with Crippen LogP contribution in [0.25, 0.3) is 11.0 Å². The van der Waals surface area contributed by atoms with Crippen molar-refractivity contribution in [2.45, 2.75) is 64.2 Å². The van der Waals surface area contributed by atoms with Gasteiger partial charge in [-0.1, -0.05) is 26.8 Å². The van der Waals surface area contributed by atoms with Crippen molar-refractivity contribution >= 4 is 28.6 Å². The van der Waals surface area contributed by atoms with E-state index in [-0.39, 0.29) is 5.41 Å². The zero-order valence-corrected chi connectivity index (χ0v) is 20.9. The Morgan fingerprint density at radius 2 is 2.00 bits per heavy atom. The number of nitrogens with one attached hydrogen (secondary N) is 1. The van der Waals surface area contributed by atoms with E-state index in [1.54, 1.807) is 16.3 Å². The van der Waals surface area contributed by atoms with Crippen LogP contribution < -0.4 is 11.1 Å². The van der Waals surface area contributed by atoms with Crippen LogP contribution in [0.1, 0.15) is 43.8 Å². The quantitative estimate of drug-likeness (QED) is 0.354. The van der Waals surface area contributed by atoms with Crippen LogP contribution in [0.3, 0.4) is 0 Å². The molecule has 1 aliphatic rings. The van der Waals surface area contributed by atoms with E-state index in [0.29, 0.717) is 17.2 Å². The largest absolute Gasteiger partial charge is 0.387 e. The molecule has 184 valence electrons. The maximum absolute atomic E-state index is 10.7. The van der Waals surface area contributed by atoms with Crippen molar-refractivity contribution in [2.24, 2.45) is 0 Å². The van der Waals surface area contributed by atoms with Crippen molar-refractivity contribution in [1.82, 2.24) is 24.8 Å². The van der Waals surface area contributed by atoms with Crippen molar-refractivity contribution < 1.29 is 14.9 Å². The number of ether oxygens (including phenoxy) is 1. The lowest BCUT2D eigenvalue weighted by molar-refractivity contribution is -0.0286. The summed E-state index contributed by atoms with van der Waals surface area (Å²) >= 11 is 1.68. The van der Waals surface area contributed by atoms with Gasteiger partial charge in [0.1, 0.15) is 30.0 Å². The highest BCUT2D eigenvalue weighted by Gasteiger charge is 2.44. The summed E-state index contributed by atoms with van der Waals surface area (Å²) in [6, 6.07) is 4.08. The van der Waals surface area contributed by atoms with Gasteiger partial charge >= 0.3 is 0 Å². The van der Waals surface area contributed by atoms with Crippen LogP contribution in [-0.4, -0.2) is 66.1 Å².